The second-order valence-electron chi connectivity index (χ2n) is 15.4. The molecule has 6 atom stereocenters. The molecule has 0 bridgehead atoms. The first-order valence-corrected chi connectivity index (χ1v) is 21.9. The fourth-order valence-electron chi connectivity index (χ4n) is 6.23. The number of thiol groups is 1. The number of carboxylic acid groups (broad SMARTS) is 5. The second-order valence-corrected chi connectivity index (χ2v) is 15.8. The highest BCUT2D eigenvalue weighted by Crippen LogP contribution is 2.13. The lowest BCUT2D eigenvalue weighted by Gasteiger charge is -2.26. The van der Waals surface area contributed by atoms with Crippen molar-refractivity contribution in [1.29, 1.82) is 0 Å². The normalized spacial score (nSPS) is 13.2. The second kappa shape index (κ2) is 27.9. The molecule has 0 saturated heterocycles. The van der Waals surface area contributed by atoms with E-state index in [1.807, 2.05) is 10.6 Å². The average molecular weight is 1050 g/mol. The van der Waals surface area contributed by atoms with Gasteiger partial charge in [0.2, 0.25) is 35.5 Å². The molecule has 3 aromatic rings. The minimum atomic E-state index is -2.10. The van der Waals surface area contributed by atoms with Gasteiger partial charge < -0.3 is 80.0 Å². The number of hydrogen-bond donors (Lipinski definition) is 17. The number of anilines is 2. The van der Waals surface area contributed by atoms with Gasteiger partial charge in [-0.2, -0.15) is 17.6 Å². The molecule has 1 aromatic carbocycles. The number of aromatic nitrogens is 4. The van der Waals surface area contributed by atoms with Crippen LogP contribution in [-0.2, 0) is 54.5 Å². The van der Waals surface area contributed by atoms with Gasteiger partial charge in [0.1, 0.15) is 36.3 Å². The molecule has 0 aliphatic heterocycles. The lowest BCUT2D eigenvalue weighted by molar-refractivity contribution is -0.144. The summed E-state index contributed by atoms with van der Waals surface area (Å²) in [6, 6.07) is -5.53. The number of aliphatic imine (C=N–C) groups is 1. The third-order valence-electron chi connectivity index (χ3n) is 9.80. The SMILES string of the molecule is NC(N)=NCCCC(NC(=O)C(CC(=O)O)NC(=O)CCC(NC(=O)c1ccc(NCc2cnc3nc(N)[nH]c(=O)c3n2)cc1)C(=O)O)C(=O)NC(CC(=O)O)C(=O)NC(CC(=O)O)C(=O)NC(CS)C(=O)O. The fraction of sp³-hybridized carbons (Fsp3) is 0.400. The fourth-order valence-corrected chi connectivity index (χ4v) is 6.48. The Hall–Kier alpha value is -9.17. The van der Waals surface area contributed by atoms with Crippen LogP contribution >= 0.6 is 12.6 Å². The summed E-state index contributed by atoms with van der Waals surface area (Å²) in [6.07, 6.45) is -3.88. The van der Waals surface area contributed by atoms with E-state index in [2.05, 4.69) is 64.1 Å². The number of nitrogens with one attached hydrogen (secondary N) is 8. The molecule has 6 unspecified atom stereocenters. The first-order valence-electron chi connectivity index (χ1n) is 21.3. The van der Waals surface area contributed by atoms with Crippen molar-refractivity contribution < 1.29 is 78.3 Å². The Bertz CT molecular complexity index is 2670. The van der Waals surface area contributed by atoms with Crippen LogP contribution in [0.1, 0.15) is 61.0 Å². The van der Waals surface area contributed by atoms with E-state index < -0.39 is 151 Å². The number of hydrogen-bond acceptors (Lipinski definition) is 19. The number of aliphatic carboxylic acids is 5. The van der Waals surface area contributed by atoms with E-state index in [0.717, 1.165) is 0 Å². The maximum Gasteiger partial charge on any atom is 0.327 e. The van der Waals surface area contributed by atoms with Gasteiger partial charge in [-0.05, 0) is 43.5 Å². The molecule has 32 nitrogen and oxygen atoms in total. The molecule has 33 heteroatoms. The summed E-state index contributed by atoms with van der Waals surface area (Å²) in [6.45, 7) is -0.0811. The quantitative estimate of drug-likeness (QED) is 0.0128. The number of amides is 6. The third kappa shape index (κ3) is 19.6. The molecule has 0 aliphatic rings. The van der Waals surface area contributed by atoms with Gasteiger partial charge in [-0.1, -0.05) is 0 Å². The first kappa shape index (κ1) is 58.1. The highest BCUT2D eigenvalue weighted by Gasteiger charge is 2.35. The number of guanidine groups is 1. The molecule has 2 heterocycles. The number of carbonyl (C=O) groups excluding carboxylic acids is 6. The maximum atomic E-state index is 13.7. The number of aromatic amines is 1. The molecular weight excluding hydrogens is 995 g/mol. The van der Waals surface area contributed by atoms with Crippen LogP contribution in [0.15, 0.2) is 40.2 Å². The number of nitrogens with two attached hydrogens (primary N) is 3. The molecule has 6 amide bonds. The van der Waals surface area contributed by atoms with Crippen LogP contribution in [0.25, 0.3) is 11.2 Å². The number of fused-ring (bicyclic) bond motifs is 1. The van der Waals surface area contributed by atoms with Crippen molar-refractivity contribution in [3.63, 3.8) is 0 Å². The first-order chi connectivity index (χ1) is 34.4. The van der Waals surface area contributed by atoms with E-state index in [1.165, 1.54) is 30.5 Å². The molecule has 0 spiro atoms. The molecule has 19 N–H and O–H groups in total. The summed E-state index contributed by atoms with van der Waals surface area (Å²) < 4.78 is 0. The third-order valence-corrected chi connectivity index (χ3v) is 10.2. The van der Waals surface area contributed by atoms with Gasteiger partial charge >= 0.3 is 29.8 Å². The summed E-state index contributed by atoms with van der Waals surface area (Å²) in [5.74, 6) is -16.5. The highest BCUT2D eigenvalue weighted by atomic mass is 32.1. The molecule has 0 fully saturated rings. The molecule has 0 aliphatic carbocycles. The largest absolute Gasteiger partial charge is 0.481 e. The molecule has 0 radical (unpaired) electrons. The standard InChI is InChI=1S/C40H51N15O17S/c41-39(42)44-9-1-2-19(32(64)51-22(11-27(59)60)34(66)52-23(12-28(61)62)35(67)53-24(15-73)38(71)72)49-33(65)21(10-26(57)58)48-25(56)8-7-20(37(69)70)50-31(63)16-3-5-17(6-4-16)45-13-18-14-46-30-29(47-18)36(68)55-40(43)54-30/h3-6,14,19-24,45,73H,1-2,7-13,15H2,(H,48,56)(H,49,65)(H,50,63)(H,51,64)(H,52,66)(H,53,67)(H,57,58)(H,59,60)(H,61,62)(H,69,70)(H,71,72)(H4,41,42,44)(H3,43,46,54,55,68). The summed E-state index contributed by atoms with van der Waals surface area (Å²) in [5, 5.41) is 63.1. The number of rotatable bonds is 30. The number of H-pyrrole nitrogens is 1. The Morgan fingerprint density at radius 2 is 1.16 bits per heavy atom. The predicted molar refractivity (Wildman–Crippen MR) is 252 cm³/mol. The zero-order valence-corrected chi connectivity index (χ0v) is 38.9. The van der Waals surface area contributed by atoms with Crippen LogP contribution in [0.5, 0.6) is 0 Å². The molecule has 73 heavy (non-hydrogen) atoms. The predicted octanol–water partition coefficient (Wildman–Crippen LogP) is -5.21. The molecular formula is C40H51N15O17S. The van der Waals surface area contributed by atoms with Crippen LogP contribution < -0.4 is 60.0 Å². The zero-order valence-electron chi connectivity index (χ0n) is 38.0. The summed E-state index contributed by atoms with van der Waals surface area (Å²) in [4.78, 5) is 169. The Kier molecular flexibility index (Phi) is 22.2. The van der Waals surface area contributed by atoms with Crippen LogP contribution in [0.4, 0.5) is 11.6 Å². The monoisotopic (exact) mass is 1050 g/mol. The van der Waals surface area contributed by atoms with Gasteiger partial charge in [-0.25, -0.2) is 19.6 Å². The molecule has 3 rings (SSSR count). The van der Waals surface area contributed by atoms with E-state index in [0.29, 0.717) is 11.4 Å². The number of benzene rings is 1. The Morgan fingerprint density at radius 3 is 1.67 bits per heavy atom. The van der Waals surface area contributed by atoms with Crippen LogP contribution in [0.2, 0.25) is 0 Å². The van der Waals surface area contributed by atoms with Crippen molar-refractivity contribution in [3.05, 3.63) is 52.1 Å². The number of carboxylic acids is 5. The minimum Gasteiger partial charge on any atom is -0.481 e. The van der Waals surface area contributed by atoms with E-state index in [9.17, 15) is 83.1 Å². The highest BCUT2D eigenvalue weighted by molar-refractivity contribution is 7.80. The van der Waals surface area contributed by atoms with Crippen molar-refractivity contribution in [3.8, 4) is 0 Å². The topological polar surface area (TPSA) is 535 Å². The Balaban J connectivity index is 1.71. The van der Waals surface area contributed by atoms with E-state index >= 15 is 0 Å². The maximum absolute atomic E-state index is 13.7. The Morgan fingerprint density at radius 1 is 0.658 bits per heavy atom. The van der Waals surface area contributed by atoms with E-state index in [-0.39, 0.29) is 48.1 Å². The van der Waals surface area contributed by atoms with E-state index in [4.69, 9.17) is 17.2 Å². The van der Waals surface area contributed by atoms with Gasteiger partial charge in [-0.3, -0.25) is 57.9 Å². The molecule has 0 saturated carbocycles. The zero-order chi connectivity index (χ0) is 54.5. The van der Waals surface area contributed by atoms with Crippen molar-refractivity contribution in [2.75, 3.05) is 23.3 Å². The summed E-state index contributed by atoms with van der Waals surface area (Å²) >= 11 is 3.78. The van der Waals surface area contributed by atoms with Crippen molar-refractivity contribution >= 4 is 107 Å². The number of nitrogen functional groups attached to an aromatic ring is 1. The average Bonchev–Trinajstić information content (AvgIpc) is 3.30. The summed E-state index contributed by atoms with van der Waals surface area (Å²) in [7, 11) is 0. The van der Waals surface area contributed by atoms with Gasteiger partial charge in [0.15, 0.2) is 17.1 Å². The Labute approximate surface area is 415 Å². The van der Waals surface area contributed by atoms with Crippen LogP contribution in [0.3, 0.4) is 0 Å². The van der Waals surface area contributed by atoms with Crippen molar-refractivity contribution in [2.24, 2.45) is 16.5 Å². The molecule has 394 valence electrons. The minimum absolute atomic E-state index is 0.00249. The van der Waals surface area contributed by atoms with Crippen molar-refractivity contribution in [2.45, 2.75) is 87.7 Å². The van der Waals surface area contributed by atoms with Crippen LogP contribution in [0, 0.1) is 0 Å². The van der Waals surface area contributed by atoms with Gasteiger partial charge in [0.25, 0.3) is 11.5 Å². The van der Waals surface area contributed by atoms with Gasteiger partial charge in [-0.15, -0.1) is 0 Å². The van der Waals surface area contributed by atoms with Crippen LogP contribution in [-0.4, -0.2) is 165 Å². The van der Waals surface area contributed by atoms with Crippen molar-refractivity contribution in [1.82, 2.24) is 51.8 Å². The van der Waals surface area contributed by atoms with Gasteiger partial charge in [0.05, 0.1) is 37.7 Å². The number of nitrogens with zero attached hydrogens (tertiary/aromatic N) is 4. The summed E-state index contributed by atoms with van der Waals surface area (Å²) in [5.41, 5.74) is 16.4. The van der Waals surface area contributed by atoms with E-state index in [1.54, 1.807) is 0 Å². The number of carbonyl (C=O) groups is 11. The van der Waals surface area contributed by atoms with Gasteiger partial charge in [0, 0.05) is 30.0 Å². The smallest absolute Gasteiger partial charge is 0.327 e. The molecule has 2 aromatic heterocycles. The lowest BCUT2D eigenvalue weighted by Crippen LogP contribution is -2.59. The lowest BCUT2D eigenvalue weighted by atomic mass is 10.1.